The Morgan fingerprint density at radius 3 is 2.52 bits per heavy atom. The van der Waals surface area contributed by atoms with Crippen LogP contribution in [-0.4, -0.2) is 5.91 Å². The first-order valence-electron chi connectivity index (χ1n) is 7.65. The van der Waals surface area contributed by atoms with Crippen molar-refractivity contribution in [2.75, 3.05) is 5.32 Å². The molecule has 3 aromatic rings. The quantitative estimate of drug-likeness (QED) is 0.621. The van der Waals surface area contributed by atoms with Gasteiger partial charge in [0.15, 0.2) is 0 Å². The van der Waals surface area contributed by atoms with E-state index in [0.29, 0.717) is 23.6 Å². The zero-order chi connectivity index (χ0) is 17.6. The minimum Gasteiger partial charge on any atom is -0.488 e. The Bertz CT molecular complexity index is 881. The second-order valence-electron chi connectivity index (χ2n) is 5.38. The average molecular weight is 400 g/mol. The van der Waals surface area contributed by atoms with Gasteiger partial charge in [0.25, 0.3) is 5.91 Å². The summed E-state index contributed by atoms with van der Waals surface area (Å²) in [5, 5.41) is 2.74. The standard InChI is InChI=1S/C20H15BrFNO2/c21-15-5-3-4-14(12-15)13-25-19-7-2-1-6-18(19)20(24)23-17-10-8-16(22)9-11-17/h1-12H,13H2,(H,23,24). The van der Waals surface area contributed by atoms with Crippen LogP contribution in [-0.2, 0) is 6.61 Å². The Balaban J connectivity index is 1.73. The molecule has 3 nitrogen and oxygen atoms in total. The first-order chi connectivity index (χ1) is 12.1. The molecule has 0 saturated carbocycles. The number of hydrogen-bond donors (Lipinski definition) is 1. The van der Waals surface area contributed by atoms with Gasteiger partial charge in [-0.2, -0.15) is 0 Å². The molecule has 3 rings (SSSR count). The highest BCUT2D eigenvalue weighted by molar-refractivity contribution is 9.10. The van der Waals surface area contributed by atoms with Gasteiger partial charge in [0, 0.05) is 10.2 Å². The van der Waals surface area contributed by atoms with E-state index in [1.165, 1.54) is 24.3 Å². The summed E-state index contributed by atoms with van der Waals surface area (Å²) in [6.45, 7) is 0.348. The molecule has 0 bridgehead atoms. The molecule has 25 heavy (non-hydrogen) atoms. The highest BCUT2D eigenvalue weighted by atomic mass is 79.9. The minimum absolute atomic E-state index is 0.309. The SMILES string of the molecule is O=C(Nc1ccc(F)cc1)c1ccccc1OCc1cccc(Br)c1. The van der Waals surface area contributed by atoms with Crippen molar-refractivity contribution in [3.63, 3.8) is 0 Å². The minimum atomic E-state index is -0.351. The van der Waals surface area contributed by atoms with Crippen molar-refractivity contribution in [1.82, 2.24) is 0 Å². The molecule has 0 saturated heterocycles. The van der Waals surface area contributed by atoms with E-state index in [1.807, 2.05) is 30.3 Å². The topological polar surface area (TPSA) is 38.3 Å². The van der Waals surface area contributed by atoms with Gasteiger partial charge in [-0.1, -0.05) is 40.2 Å². The number of rotatable bonds is 5. The van der Waals surface area contributed by atoms with Crippen molar-refractivity contribution in [3.05, 3.63) is 94.2 Å². The number of carbonyl (C=O) groups excluding carboxylic acids is 1. The van der Waals surface area contributed by atoms with Crippen LogP contribution in [0.3, 0.4) is 0 Å². The lowest BCUT2D eigenvalue weighted by molar-refractivity contribution is 0.102. The number of ether oxygens (including phenoxy) is 1. The monoisotopic (exact) mass is 399 g/mol. The van der Waals surface area contributed by atoms with Gasteiger partial charge in [0.1, 0.15) is 18.2 Å². The van der Waals surface area contributed by atoms with Crippen LogP contribution >= 0.6 is 15.9 Å². The molecule has 0 aliphatic heterocycles. The number of hydrogen-bond acceptors (Lipinski definition) is 2. The first-order valence-corrected chi connectivity index (χ1v) is 8.44. The summed E-state index contributed by atoms with van der Waals surface area (Å²) in [6.07, 6.45) is 0. The second-order valence-corrected chi connectivity index (χ2v) is 6.29. The Labute approximate surface area is 153 Å². The van der Waals surface area contributed by atoms with Gasteiger partial charge in [-0.05, 0) is 54.1 Å². The summed E-state index contributed by atoms with van der Waals surface area (Å²) in [6, 6.07) is 20.4. The Morgan fingerprint density at radius 1 is 1.00 bits per heavy atom. The lowest BCUT2D eigenvalue weighted by Gasteiger charge is -2.12. The molecule has 126 valence electrons. The fraction of sp³-hybridized carbons (Fsp3) is 0.0500. The number of amides is 1. The predicted molar refractivity (Wildman–Crippen MR) is 99.3 cm³/mol. The van der Waals surface area contributed by atoms with Crippen LogP contribution in [0.15, 0.2) is 77.3 Å². The summed E-state index contributed by atoms with van der Waals surface area (Å²) in [7, 11) is 0. The molecule has 3 aromatic carbocycles. The molecule has 0 atom stereocenters. The molecule has 0 heterocycles. The summed E-state index contributed by atoms with van der Waals surface area (Å²) in [5.41, 5.74) is 1.93. The molecular formula is C20H15BrFNO2. The molecule has 0 spiro atoms. The smallest absolute Gasteiger partial charge is 0.259 e. The van der Waals surface area contributed by atoms with E-state index in [-0.39, 0.29) is 11.7 Å². The third-order valence-corrected chi connectivity index (χ3v) is 4.01. The van der Waals surface area contributed by atoms with E-state index in [4.69, 9.17) is 4.74 Å². The van der Waals surface area contributed by atoms with Gasteiger partial charge in [-0.3, -0.25) is 4.79 Å². The molecule has 0 aliphatic carbocycles. The molecule has 0 aromatic heterocycles. The van der Waals surface area contributed by atoms with E-state index in [0.717, 1.165) is 10.0 Å². The van der Waals surface area contributed by atoms with E-state index in [1.54, 1.807) is 18.2 Å². The number of para-hydroxylation sites is 1. The molecule has 5 heteroatoms. The lowest BCUT2D eigenvalue weighted by Crippen LogP contribution is -2.13. The number of carbonyl (C=O) groups is 1. The van der Waals surface area contributed by atoms with Gasteiger partial charge < -0.3 is 10.1 Å². The Morgan fingerprint density at radius 2 is 1.76 bits per heavy atom. The molecule has 1 N–H and O–H groups in total. The lowest BCUT2D eigenvalue weighted by atomic mass is 10.1. The van der Waals surface area contributed by atoms with Crippen LogP contribution in [0, 0.1) is 5.82 Å². The molecule has 0 unspecified atom stereocenters. The van der Waals surface area contributed by atoms with Crippen molar-refractivity contribution in [1.29, 1.82) is 0 Å². The molecule has 1 amide bonds. The number of halogens is 2. The third-order valence-electron chi connectivity index (χ3n) is 3.52. The fourth-order valence-corrected chi connectivity index (χ4v) is 2.75. The van der Waals surface area contributed by atoms with Crippen molar-refractivity contribution in [2.45, 2.75) is 6.61 Å². The highest BCUT2D eigenvalue weighted by Gasteiger charge is 2.12. The molecule has 0 fully saturated rings. The van der Waals surface area contributed by atoms with Crippen LogP contribution in [0.1, 0.15) is 15.9 Å². The Kier molecular flexibility index (Phi) is 5.46. The van der Waals surface area contributed by atoms with Crippen molar-refractivity contribution < 1.29 is 13.9 Å². The van der Waals surface area contributed by atoms with Gasteiger partial charge in [-0.25, -0.2) is 4.39 Å². The highest BCUT2D eigenvalue weighted by Crippen LogP contribution is 2.22. The third kappa shape index (κ3) is 4.67. The predicted octanol–water partition coefficient (Wildman–Crippen LogP) is 5.42. The van der Waals surface area contributed by atoms with E-state index < -0.39 is 0 Å². The van der Waals surface area contributed by atoms with Crippen LogP contribution in [0.5, 0.6) is 5.75 Å². The molecule has 0 radical (unpaired) electrons. The van der Waals surface area contributed by atoms with Crippen LogP contribution in [0.2, 0.25) is 0 Å². The average Bonchev–Trinajstić information content (AvgIpc) is 2.62. The van der Waals surface area contributed by atoms with Gasteiger partial charge in [-0.15, -0.1) is 0 Å². The molecular weight excluding hydrogens is 385 g/mol. The van der Waals surface area contributed by atoms with Crippen molar-refractivity contribution in [2.24, 2.45) is 0 Å². The van der Waals surface area contributed by atoms with Gasteiger partial charge in [0.05, 0.1) is 5.56 Å². The maximum absolute atomic E-state index is 13.0. The zero-order valence-electron chi connectivity index (χ0n) is 13.2. The number of benzene rings is 3. The van der Waals surface area contributed by atoms with Crippen molar-refractivity contribution >= 4 is 27.5 Å². The van der Waals surface area contributed by atoms with Crippen LogP contribution in [0.25, 0.3) is 0 Å². The maximum Gasteiger partial charge on any atom is 0.259 e. The first kappa shape index (κ1) is 17.2. The van der Waals surface area contributed by atoms with Crippen molar-refractivity contribution in [3.8, 4) is 5.75 Å². The summed E-state index contributed by atoms with van der Waals surface area (Å²) in [5.74, 6) is -0.172. The molecule has 0 aliphatic rings. The van der Waals surface area contributed by atoms with Gasteiger partial charge >= 0.3 is 0 Å². The Hall–Kier alpha value is -2.66. The summed E-state index contributed by atoms with van der Waals surface area (Å²) in [4.78, 5) is 12.5. The number of nitrogens with one attached hydrogen (secondary N) is 1. The fourth-order valence-electron chi connectivity index (χ4n) is 2.30. The largest absolute Gasteiger partial charge is 0.488 e. The van der Waals surface area contributed by atoms with E-state index >= 15 is 0 Å². The van der Waals surface area contributed by atoms with Crippen LogP contribution < -0.4 is 10.1 Å². The van der Waals surface area contributed by atoms with Crippen LogP contribution in [0.4, 0.5) is 10.1 Å². The van der Waals surface area contributed by atoms with E-state index in [2.05, 4.69) is 21.2 Å². The normalized spacial score (nSPS) is 10.3. The van der Waals surface area contributed by atoms with Gasteiger partial charge in [0.2, 0.25) is 0 Å². The summed E-state index contributed by atoms with van der Waals surface area (Å²) >= 11 is 3.42. The second kappa shape index (κ2) is 7.94. The summed E-state index contributed by atoms with van der Waals surface area (Å²) < 4.78 is 19.7. The maximum atomic E-state index is 13.0. The van der Waals surface area contributed by atoms with E-state index in [9.17, 15) is 9.18 Å². The number of anilines is 1. The zero-order valence-corrected chi connectivity index (χ0v) is 14.8.